The molecular formula is C16H16ClF6N5O. The fourth-order valence-corrected chi connectivity index (χ4v) is 3.25. The van der Waals surface area contributed by atoms with Gasteiger partial charge in [-0.15, -0.1) is 0 Å². The fraction of sp³-hybridized carbons (Fsp3) is 0.562. The first kappa shape index (κ1) is 21.5. The van der Waals surface area contributed by atoms with Crippen LogP contribution in [0.15, 0.2) is 6.07 Å². The predicted molar refractivity (Wildman–Crippen MR) is 89.4 cm³/mol. The highest BCUT2D eigenvalue weighted by molar-refractivity contribution is 6.34. The van der Waals surface area contributed by atoms with E-state index in [1.54, 1.807) is 0 Å². The van der Waals surface area contributed by atoms with E-state index in [1.807, 2.05) is 0 Å². The number of hydrogen-bond donors (Lipinski definition) is 1. The molecule has 13 heteroatoms. The Balaban J connectivity index is 1.61. The van der Waals surface area contributed by atoms with Gasteiger partial charge in [-0.2, -0.15) is 36.5 Å². The third kappa shape index (κ3) is 4.68. The summed E-state index contributed by atoms with van der Waals surface area (Å²) in [7, 11) is 1.15. The molecule has 6 nitrogen and oxygen atoms in total. The third-order valence-corrected chi connectivity index (χ3v) is 4.76. The molecule has 0 aliphatic heterocycles. The van der Waals surface area contributed by atoms with Crippen LogP contribution >= 0.6 is 11.6 Å². The predicted octanol–water partition coefficient (Wildman–Crippen LogP) is 4.01. The van der Waals surface area contributed by atoms with E-state index >= 15 is 0 Å². The summed E-state index contributed by atoms with van der Waals surface area (Å²) in [6.07, 6.45) is -7.54. The van der Waals surface area contributed by atoms with Crippen LogP contribution < -0.4 is 5.32 Å². The minimum absolute atomic E-state index is 0.00696. The molecule has 1 aliphatic rings. The Hall–Kier alpha value is -2.24. The topological polar surface area (TPSA) is 64.7 Å². The lowest BCUT2D eigenvalue weighted by Gasteiger charge is -2.08. The molecule has 1 amide bonds. The van der Waals surface area contributed by atoms with Crippen molar-refractivity contribution < 1.29 is 31.1 Å². The van der Waals surface area contributed by atoms with Gasteiger partial charge in [0.05, 0.1) is 0 Å². The van der Waals surface area contributed by atoms with E-state index in [0.717, 1.165) is 30.6 Å². The zero-order valence-electron chi connectivity index (χ0n) is 15.0. The van der Waals surface area contributed by atoms with Crippen molar-refractivity contribution in [3.8, 4) is 0 Å². The molecule has 1 fully saturated rings. The fourth-order valence-electron chi connectivity index (χ4n) is 2.90. The van der Waals surface area contributed by atoms with Crippen molar-refractivity contribution in [3.05, 3.63) is 33.9 Å². The number of amides is 1. The standard InChI is InChI=1S/C16H16ClF6N5O/c1-27-12(11(17)13(26-27)16(21,22)23)14(29)24-5-2-6-28-9(8-3-4-8)7-10(25-28)15(18,19)20/h7-8H,2-6H2,1H3,(H,24,29). The van der Waals surface area contributed by atoms with Crippen LogP contribution in [0.5, 0.6) is 0 Å². The van der Waals surface area contributed by atoms with Crippen molar-refractivity contribution in [2.45, 2.75) is 44.1 Å². The van der Waals surface area contributed by atoms with Crippen molar-refractivity contribution >= 4 is 17.5 Å². The summed E-state index contributed by atoms with van der Waals surface area (Å²) >= 11 is 5.64. The van der Waals surface area contributed by atoms with Gasteiger partial charge in [-0.3, -0.25) is 14.2 Å². The molecule has 0 saturated heterocycles. The van der Waals surface area contributed by atoms with Gasteiger partial charge in [-0.25, -0.2) is 0 Å². The van der Waals surface area contributed by atoms with Crippen LogP contribution in [0.4, 0.5) is 26.3 Å². The van der Waals surface area contributed by atoms with Crippen LogP contribution in [0.25, 0.3) is 0 Å². The molecule has 0 aromatic carbocycles. The quantitative estimate of drug-likeness (QED) is 0.542. The van der Waals surface area contributed by atoms with Gasteiger partial charge >= 0.3 is 12.4 Å². The highest BCUT2D eigenvalue weighted by Crippen LogP contribution is 2.42. The molecule has 29 heavy (non-hydrogen) atoms. The molecule has 0 spiro atoms. The highest BCUT2D eigenvalue weighted by atomic mass is 35.5. The Morgan fingerprint density at radius 3 is 2.38 bits per heavy atom. The Kier molecular flexibility index (Phi) is 5.58. The van der Waals surface area contributed by atoms with E-state index in [-0.39, 0.29) is 25.4 Å². The molecule has 0 atom stereocenters. The largest absolute Gasteiger partial charge is 0.436 e. The number of carbonyl (C=O) groups excluding carboxylic acids is 1. The van der Waals surface area contributed by atoms with Gasteiger partial charge in [-0.1, -0.05) is 11.6 Å². The van der Waals surface area contributed by atoms with E-state index in [0.29, 0.717) is 5.69 Å². The lowest BCUT2D eigenvalue weighted by molar-refractivity contribution is -0.142. The molecule has 0 bridgehead atoms. The minimum atomic E-state index is -4.80. The normalized spacial score (nSPS) is 15.0. The highest BCUT2D eigenvalue weighted by Gasteiger charge is 2.40. The van der Waals surface area contributed by atoms with Gasteiger partial charge in [0, 0.05) is 31.7 Å². The molecule has 0 unspecified atom stereocenters. The molecule has 2 aromatic rings. The van der Waals surface area contributed by atoms with Crippen molar-refractivity contribution in [1.82, 2.24) is 24.9 Å². The SMILES string of the molecule is Cn1nc(C(F)(F)F)c(Cl)c1C(=O)NCCCn1nc(C(F)(F)F)cc1C1CC1. The maximum atomic E-state index is 12.9. The Bertz CT molecular complexity index is 912. The second-order valence-electron chi connectivity index (χ2n) is 6.69. The van der Waals surface area contributed by atoms with E-state index in [1.165, 1.54) is 4.68 Å². The van der Waals surface area contributed by atoms with Crippen LogP contribution in [0.2, 0.25) is 5.02 Å². The van der Waals surface area contributed by atoms with Crippen LogP contribution in [0.1, 0.15) is 52.8 Å². The van der Waals surface area contributed by atoms with Crippen molar-refractivity contribution in [3.63, 3.8) is 0 Å². The number of rotatable bonds is 6. The lowest BCUT2D eigenvalue weighted by Crippen LogP contribution is -2.27. The number of aromatic nitrogens is 4. The van der Waals surface area contributed by atoms with E-state index < -0.39 is 40.4 Å². The Morgan fingerprint density at radius 1 is 1.21 bits per heavy atom. The summed E-state index contributed by atoms with van der Waals surface area (Å²) < 4.78 is 79.1. The van der Waals surface area contributed by atoms with Crippen molar-refractivity contribution in [2.24, 2.45) is 7.05 Å². The van der Waals surface area contributed by atoms with Crippen LogP contribution in [-0.4, -0.2) is 32.0 Å². The number of aryl methyl sites for hydroxylation is 2. The Morgan fingerprint density at radius 2 is 1.86 bits per heavy atom. The van der Waals surface area contributed by atoms with E-state index in [2.05, 4.69) is 15.5 Å². The monoisotopic (exact) mass is 443 g/mol. The number of nitrogens with one attached hydrogen (secondary N) is 1. The van der Waals surface area contributed by atoms with Crippen molar-refractivity contribution in [2.75, 3.05) is 6.54 Å². The summed E-state index contributed by atoms with van der Waals surface area (Å²) in [4.78, 5) is 12.2. The first-order chi connectivity index (χ1) is 13.4. The van der Waals surface area contributed by atoms with Gasteiger partial charge in [-0.05, 0) is 25.3 Å². The molecule has 3 rings (SSSR count). The number of hydrogen-bond acceptors (Lipinski definition) is 3. The molecule has 160 valence electrons. The summed E-state index contributed by atoms with van der Waals surface area (Å²) in [5.74, 6) is -0.818. The average Bonchev–Trinajstić information content (AvgIpc) is 3.25. The third-order valence-electron chi connectivity index (χ3n) is 4.40. The first-order valence-corrected chi connectivity index (χ1v) is 9.00. The molecular weight excluding hydrogens is 428 g/mol. The lowest BCUT2D eigenvalue weighted by atomic mass is 10.2. The molecule has 0 radical (unpaired) electrons. The van der Waals surface area contributed by atoms with Gasteiger partial charge in [0.25, 0.3) is 5.91 Å². The zero-order chi connectivity index (χ0) is 21.6. The average molecular weight is 444 g/mol. The maximum absolute atomic E-state index is 12.9. The minimum Gasteiger partial charge on any atom is -0.351 e. The maximum Gasteiger partial charge on any atom is 0.436 e. The number of alkyl halides is 6. The second kappa shape index (κ2) is 7.54. The summed E-state index contributed by atoms with van der Waals surface area (Å²) in [5.41, 5.74) is -2.29. The smallest absolute Gasteiger partial charge is 0.351 e. The van der Waals surface area contributed by atoms with Crippen LogP contribution in [-0.2, 0) is 25.9 Å². The van der Waals surface area contributed by atoms with Gasteiger partial charge in [0.1, 0.15) is 10.7 Å². The summed E-state index contributed by atoms with van der Waals surface area (Å²) in [6.45, 7) is 0.127. The van der Waals surface area contributed by atoms with E-state index in [4.69, 9.17) is 11.6 Å². The first-order valence-electron chi connectivity index (χ1n) is 8.62. The molecule has 1 saturated carbocycles. The van der Waals surface area contributed by atoms with Crippen LogP contribution in [0, 0.1) is 0 Å². The number of nitrogens with zero attached hydrogens (tertiary/aromatic N) is 4. The zero-order valence-corrected chi connectivity index (χ0v) is 15.8. The molecule has 2 aromatic heterocycles. The molecule has 1 N–H and O–H groups in total. The Labute approximate surface area is 165 Å². The number of carbonyl (C=O) groups is 1. The van der Waals surface area contributed by atoms with Crippen LogP contribution in [0.3, 0.4) is 0 Å². The summed E-state index contributed by atoms with van der Waals surface area (Å²) in [6, 6.07) is 1.03. The second-order valence-corrected chi connectivity index (χ2v) is 7.07. The molecule has 1 aliphatic carbocycles. The van der Waals surface area contributed by atoms with Gasteiger partial charge in [0.2, 0.25) is 0 Å². The molecule has 2 heterocycles. The van der Waals surface area contributed by atoms with Gasteiger partial charge in [0.15, 0.2) is 11.4 Å². The van der Waals surface area contributed by atoms with Crippen molar-refractivity contribution in [1.29, 1.82) is 0 Å². The summed E-state index contributed by atoms with van der Waals surface area (Å²) in [5, 5.41) is 8.41. The number of halogens is 7. The van der Waals surface area contributed by atoms with E-state index in [9.17, 15) is 31.1 Å². The van der Waals surface area contributed by atoms with Gasteiger partial charge < -0.3 is 5.32 Å².